The van der Waals surface area contributed by atoms with Gasteiger partial charge < -0.3 is 20.9 Å². The largest absolute Gasteiger partial charge is 0.494 e. The Balaban J connectivity index is 2.10. The van der Waals surface area contributed by atoms with Crippen LogP contribution in [0.5, 0.6) is 17.2 Å². The molecule has 2 rings (SSSR count). The summed E-state index contributed by atoms with van der Waals surface area (Å²) < 4.78 is 11.0. The first-order valence-electron chi connectivity index (χ1n) is 5.74. The smallest absolute Gasteiger partial charge is 0.129 e. The van der Waals surface area contributed by atoms with E-state index in [-0.39, 0.29) is 0 Å². The predicted octanol–water partition coefficient (Wildman–Crippen LogP) is 3.04. The Morgan fingerprint density at radius 3 is 2.06 bits per heavy atom. The van der Waals surface area contributed by atoms with Gasteiger partial charge in [-0.05, 0) is 43.3 Å². The topological polar surface area (TPSA) is 70.5 Å². The summed E-state index contributed by atoms with van der Waals surface area (Å²) in [6.45, 7) is 2.59. The zero-order valence-corrected chi connectivity index (χ0v) is 10.2. The van der Waals surface area contributed by atoms with Gasteiger partial charge in [0.1, 0.15) is 17.2 Å². The Hall–Kier alpha value is -2.36. The Kier molecular flexibility index (Phi) is 3.57. The highest BCUT2D eigenvalue weighted by atomic mass is 16.5. The van der Waals surface area contributed by atoms with Crippen LogP contribution in [0.1, 0.15) is 6.92 Å². The van der Waals surface area contributed by atoms with E-state index in [0.717, 1.165) is 11.5 Å². The Morgan fingerprint density at radius 1 is 0.833 bits per heavy atom. The molecule has 0 saturated carbocycles. The maximum Gasteiger partial charge on any atom is 0.129 e. The van der Waals surface area contributed by atoms with Crippen molar-refractivity contribution in [3.8, 4) is 17.2 Å². The van der Waals surface area contributed by atoms with Gasteiger partial charge in [-0.25, -0.2) is 0 Å². The number of nitrogen functional groups attached to an aromatic ring is 2. The second kappa shape index (κ2) is 5.31. The number of hydrogen-bond acceptors (Lipinski definition) is 4. The van der Waals surface area contributed by atoms with Crippen molar-refractivity contribution in [2.24, 2.45) is 0 Å². The molecule has 0 radical (unpaired) electrons. The molecule has 0 bridgehead atoms. The lowest BCUT2D eigenvalue weighted by atomic mass is 10.2. The molecule has 0 saturated heterocycles. The number of nitrogens with two attached hydrogens (primary N) is 2. The standard InChI is InChI=1S/C14H16N2O2/c1-2-17-10-3-5-11(6-4-10)18-12-7-8-13(15)14(16)9-12/h3-9H,2,15-16H2,1H3. The first-order chi connectivity index (χ1) is 8.69. The Bertz CT molecular complexity index is 524. The van der Waals surface area contributed by atoms with E-state index in [0.29, 0.717) is 23.7 Å². The minimum Gasteiger partial charge on any atom is -0.494 e. The van der Waals surface area contributed by atoms with Crippen molar-refractivity contribution >= 4 is 11.4 Å². The molecule has 94 valence electrons. The lowest BCUT2D eigenvalue weighted by molar-refractivity contribution is 0.339. The van der Waals surface area contributed by atoms with Crippen LogP contribution in [-0.2, 0) is 0 Å². The van der Waals surface area contributed by atoms with Gasteiger partial charge in [-0.15, -0.1) is 0 Å². The average Bonchev–Trinajstić information content (AvgIpc) is 2.37. The summed E-state index contributed by atoms with van der Waals surface area (Å²) in [5.74, 6) is 2.20. The van der Waals surface area contributed by atoms with E-state index < -0.39 is 0 Å². The van der Waals surface area contributed by atoms with Crippen molar-refractivity contribution in [1.29, 1.82) is 0 Å². The van der Waals surface area contributed by atoms with Crippen molar-refractivity contribution in [2.45, 2.75) is 6.92 Å². The van der Waals surface area contributed by atoms with Crippen molar-refractivity contribution in [3.63, 3.8) is 0 Å². The maximum atomic E-state index is 5.71. The van der Waals surface area contributed by atoms with Gasteiger partial charge in [0.2, 0.25) is 0 Å². The van der Waals surface area contributed by atoms with Crippen LogP contribution in [0.25, 0.3) is 0 Å². The second-order valence-electron chi connectivity index (χ2n) is 3.80. The van der Waals surface area contributed by atoms with Crippen LogP contribution in [0.3, 0.4) is 0 Å². The van der Waals surface area contributed by atoms with Crippen LogP contribution in [0.4, 0.5) is 11.4 Å². The monoisotopic (exact) mass is 244 g/mol. The molecule has 2 aromatic carbocycles. The van der Waals surface area contributed by atoms with E-state index in [9.17, 15) is 0 Å². The van der Waals surface area contributed by atoms with Crippen LogP contribution >= 0.6 is 0 Å². The molecule has 0 fully saturated rings. The third-order valence-corrected chi connectivity index (χ3v) is 2.43. The molecule has 0 unspecified atom stereocenters. The Morgan fingerprint density at radius 2 is 1.44 bits per heavy atom. The fourth-order valence-corrected chi connectivity index (χ4v) is 1.52. The number of benzene rings is 2. The third-order valence-electron chi connectivity index (χ3n) is 2.43. The van der Waals surface area contributed by atoms with Crippen LogP contribution in [0, 0.1) is 0 Å². The van der Waals surface area contributed by atoms with Gasteiger partial charge in [0, 0.05) is 6.07 Å². The summed E-state index contributed by atoms with van der Waals surface area (Å²) in [5, 5.41) is 0. The van der Waals surface area contributed by atoms with Gasteiger partial charge in [0.15, 0.2) is 0 Å². The number of anilines is 2. The average molecular weight is 244 g/mol. The molecule has 0 atom stereocenters. The van der Waals surface area contributed by atoms with Gasteiger partial charge >= 0.3 is 0 Å². The Labute approximate surface area is 106 Å². The summed E-state index contributed by atoms with van der Waals surface area (Å²) in [7, 11) is 0. The molecule has 0 aliphatic rings. The molecule has 4 N–H and O–H groups in total. The molecular formula is C14H16N2O2. The minimum atomic E-state index is 0.512. The number of hydrogen-bond donors (Lipinski definition) is 2. The SMILES string of the molecule is CCOc1ccc(Oc2ccc(N)c(N)c2)cc1. The molecule has 0 aromatic heterocycles. The van der Waals surface area contributed by atoms with Gasteiger partial charge in [0.05, 0.1) is 18.0 Å². The first kappa shape index (κ1) is 12.1. The number of rotatable bonds is 4. The fourth-order valence-electron chi connectivity index (χ4n) is 1.52. The normalized spacial score (nSPS) is 10.1. The number of ether oxygens (including phenoxy) is 2. The first-order valence-corrected chi connectivity index (χ1v) is 5.74. The minimum absolute atomic E-state index is 0.512. The summed E-state index contributed by atoms with van der Waals surface area (Å²) in [6.07, 6.45) is 0. The van der Waals surface area contributed by atoms with E-state index in [1.807, 2.05) is 31.2 Å². The highest BCUT2D eigenvalue weighted by molar-refractivity contribution is 5.65. The quantitative estimate of drug-likeness (QED) is 0.811. The van der Waals surface area contributed by atoms with Crippen LogP contribution in [0.2, 0.25) is 0 Å². The molecule has 0 aliphatic carbocycles. The summed E-state index contributed by atoms with van der Waals surface area (Å²) in [6, 6.07) is 12.6. The van der Waals surface area contributed by atoms with Gasteiger partial charge in [0.25, 0.3) is 0 Å². The highest BCUT2D eigenvalue weighted by Gasteiger charge is 2.01. The zero-order chi connectivity index (χ0) is 13.0. The van der Waals surface area contributed by atoms with Gasteiger partial charge in [-0.3, -0.25) is 0 Å². The molecule has 0 spiro atoms. The third kappa shape index (κ3) is 2.85. The van der Waals surface area contributed by atoms with Crippen molar-refractivity contribution in [1.82, 2.24) is 0 Å². The molecule has 2 aromatic rings. The van der Waals surface area contributed by atoms with Gasteiger partial charge in [-0.2, -0.15) is 0 Å². The van der Waals surface area contributed by atoms with E-state index in [1.54, 1.807) is 18.2 Å². The van der Waals surface area contributed by atoms with E-state index in [4.69, 9.17) is 20.9 Å². The van der Waals surface area contributed by atoms with Crippen molar-refractivity contribution in [2.75, 3.05) is 18.1 Å². The van der Waals surface area contributed by atoms with Crippen molar-refractivity contribution < 1.29 is 9.47 Å². The second-order valence-corrected chi connectivity index (χ2v) is 3.80. The zero-order valence-electron chi connectivity index (χ0n) is 10.2. The molecule has 4 heteroatoms. The van der Waals surface area contributed by atoms with Crippen molar-refractivity contribution in [3.05, 3.63) is 42.5 Å². The molecule has 18 heavy (non-hydrogen) atoms. The van der Waals surface area contributed by atoms with Gasteiger partial charge in [-0.1, -0.05) is 0 Å². The summed E-state index contributed by atoms with van der Waals surface area (Å²) in [5.41, 5.74) is 12.4. The van der Waals surface area contributed by atoms with E-state index in [1.165, 1.54) is 0 Å². The molecule has 0 aliphatic heterocycles. The predicted molar refractivity (Wildman–Crippen MR) is 73.0 cm³/mol. The van der Waals surface area contributed by atoms with E-state index >= 15 is 0 Å². The molecule has 0 amide bonds. The molecule has 4 nitrogen and oxygen atoms in total. The lowest BCUT2D eigenvalue weighted by Crippen LogP contribution is -1.95. The molecular weight excluding hydrogens is 228 g/mol. The summed E-state index contributed by atoms with van der Waals surface area (Å²) in [4.78, 5) is 0. The fraction of sp³-hybridized carbons (Fsp3) is 0.143. The van der Waals surface area contributed by atoms with Crippen LogP contribution < -0.4 is 20.9 Å². The summed E-state index contributed by atoms with van der Waals surface area (Å²) >= 11 is 0. The maximum absolute atomic E-state index is 5.71. The highest BCUT2D eigenvalue weighted by Crippen LogP contribution is 2.27. The molecule has 0 heterocycles. The van der Waals surface area contributed by atoms with Crippen LogP contribution in [0.15, 0.2) is 42.5 Å². The van der Waals surface area contributed by atoms with E-state index in [2.05, 4.69) is 0 Å². The van der Waals surface area contributed by atoms with Crippen LogP contribution in [-0.4, -0.2) is 6.61 Å². The lowest BCUT2D eigenvalue weighted by Gasteiger charge is -2.08.